The lowest BCUT2D eigenvalue weighted by Gasteiger charge is -2.13. The molecule has 1 aromatic rings. The first-order chi connectivity index (χ1) is 8.16. The summed E-state index contributed by atoms with van der Waals surface area (Å²) in [4.78, 5) is 10.8. The van der Waals surface area contributed by atoms with Crippen LogP contribution in [-0.4, -0.2) is 30.2 Å². The van der Waals surface area contributed by atoms with Crippen molar-refractivity contribution in [3.05, 3.63) is 29.6 Å². The Balaban J connectivity index is 2.00. The fourth-order valence-electron chi connectivity index (χ4n) is 1.97. The van der Waals surface area contributed by atoms with Crippen LogP contribution in [0.25, 0.3) is 0 Å². The number of halogens is 1. The number of nitrogens with one attached hydrogen (secondary N) is 2. The first-order valence-corrected chi connectivity index (χ1v) is 5.67. The van der Waals surface area contributed by atoms with Gasteiger partial charge in [0.05, 0.1) is 5.56 Å². The van der Waals surface area contributed by atoms with Crippen LogP contribution >= 0.6 is 0 Å². The van der Waals surface area contributed by atoms with Gasteiger partial charge in [0.2, 0.25) is 0 Å². The van der Waals surface area contributed by atoms with Gasteiger partial charge in [-0.15, -0.1) is 0 Å². The Morgan fingerprint density at radius 2 is 2.41 bits per heavy atom. The van der Waals surface area contributed by atoms with E-state index in [1.165, 1.54) is 12.1 Å². The zero-order chi connectivity index (χ0) is 12.3. The van der Waals surface area contributed by atoms with E-state index in [0.717, 1.165) is 25.9 Å². The third-order valence-corrected chi connectivity index (χ3v) is 2.91. The van der Waals surface area contributed by atoms with Crippen LogP contribution in [0.4, 0.5) is 10.1 Å². The predicted molar refractivity (Wildman–Crippen MR) is 62.9 cm³/mol. The summed E-state index contributed by atoms with van der Waals surface area (Å²) >= 11 is 0. The molecule has 1 aliphatic rings. The summed E-state index contributed by atoms with van der Waals surface area (Å²) < 4.78 is 13.1. The van der Waals surface area contributed by atoms with Gasteiger partial charge >= 0.3 is 5.97 Å². The summed E-state index contributed by atoms with van der Waals surface area (Å²) in [5, 5.41) is 15.2. The lowest BCUT2D eigenvalue weighted by molar-refractivity contribution is 0.0692. The number of aromatic carboxylic acids is 1. The van der Waals surface area contributed by atoms with Gasteiger partial charge in [0, 0.05) is 18.3 Å². The molecule has 0 aliphatic carbocycles. The van der Waals surface area contributed by atoms with Crippen molar-refractivity contribution in [2.75, 3.05) is 18.4 Å². The molecule has 3 N–H and O–H groups in total. The minimum Gasteiger partial charge on any atom is -0.478 e. The van der Waals surface area contributed by atoms with Gasteiger partial charge in [-0.25, -0.2) is 9.18 Å². The molecule has 1 unspecified atom stereocenters. The highest BCUT2D eigenvalue weighted by Crippen LogP contribution is 2.15. The van der Waals surface area contributed by atoms with E-state index < -0.39 is 11.8 Å². The molecule has 0 spiro atoms. The molecule has 0 amide bonds. The van der Waals surface area contributed by atoms with E-state index in [2.05, 4.69) is 10.6 Å². The molecule has 2 rings (SSSR count). The van der Waals surface area contributed by atoms with Crippen molar-refractivity contribution in [3.8, 4) is 0 Å². The van der Waals surface area contributed by atoms with Gasteiger partial charge in [-0.3, -0.25) is 0 Å². The first kappa shape index (κ1) is 11.9. The molecule has 1 aromatic carbocycles. The third kappa shape index (κ3) is 2.94. The second-order valence-electron chi connectivity index (χ2n) is 4.17. The van der Waals surface area contributed by atoms with E-state index in [0.29, 0.717) is 11.7 Å². The summed E-state index contributed by atoms with van der Waals surface area (Å²) in [7, 11) is 0. The van der Waals surface area contributed by atoms with Crippen LogP contribution in [0.5, 0.6) is 0 Å². The third-order valence-electron chi connectivity index (χ3n) is 2.91. The quantitative estimate of drug-likeness (QED) is 0.747. The molecule has 1 saturated heterocycles. The highest BCUT2D eigenvalue weighted by molar-refractivity contribution is 5.89. The number of rotatable bonds is 4. The highest BCUT2D eigenvalue weighted by atomic mass is 19.1. The maximum atomic E-state index is 13.1. The Labute approximate surface area is 98.8 Å². The van der Waals surface area contributed by atoms with Crippen molar-refractivity contribution < 1.29 is 14.3 Å². The Morgan fingerprint density at radius 1 is 1.59 bits per heavy atom. The SMILES string of the molecule is O=C(O)c1cc(NCC2CCCN2)ccc1F. The summed E-state index contributed by atoms with van der Waals surface area (Å²) in [6, 6.07) is 4.46. The number of hydrogen-bond donors (Lipinski definition) is 3. The molecular weight excluding hydrogens is 223 g/mol. The van der Waals surface area contributed by atoms with Crippen LogP contribution in [0.2, 0.25) is 0 Å². The number of hydrogen-bond acceptors (Lipinski definition) is 3. The van der Waals surface area contributed by atoms with Crippen LogP contribution < -0.4 is 10.6 Å². The maximum absolute atomic E-state index is 13.1. The van der Waals surface area contributed by atoms with Crippen LogP contribution in [0.15, 0.2) is 18.2 Å². The average Bonchev–Trinajstić information content (AvgIpc) is 2.80. The fraction of sp³-hybridized carbons (Fsp3) is 0.417. The predicted octanol–water partition coefficient (Wildman–Crippen LogP) is 1.69. The van der Waals surface area contributed by atoms with E-state index in [4.69, 9.17) is 5.11 Å². The summed E-state index contributed by atoms with van der Waals surface area (Å²) in [6.07, 6.45) is 2.27. The van der Waals surface area contributed by atoms with Crippen LogP contribution in [0.1, 0.15) is 23.2 Å². The molecule has 1 aliphatic heterocycles. The molecule has 0 saturated carbocycles. The molecule has 1 heterocycles. The Kier molecular flexibility index (Phi) is 3.58. The van der Waals surface area contributed by atoms with Crippen molar-refractivity contribution in [1.82, 2.24) is 5.32 Å². The molecule has 1 atom stereocenters. The van der Waals surface area contributed by atoms with Gasteiger partial charge in [0.1, 0.15) is 5.82 Å². The Bertz CT molecular complexity index is 417. The zero-order valence-electron chi connectivity index (χ0n) is 9.37. The van der Waals surface area contributed by atoms with E-state index in [1.54, 1.807) is 6.07 Å². The number of carbonyl (C=O) groups is 1. The molecule has 92 valence electrons. The minimum atomic E-state index is -1.25. The average molecular weight is 238 g/mol. The minimum absolute atomic E-state index is 0.297. The van der Waals surface area contributed by atoms with Crippen molar-refractivity contribution in [3.63, 3.8) is 0 Å². The van der Waals surface area contributed by atoms with Gasteiger partial charge in [0.15, 0.2) is 0 Å². The second-order valence-corrected chi connectivity index (χ2v) is 4.17. The Hall–Kier alpha value is -1.62. The van der Waals surface area contributed by atoms with Gasteiger partial charge in [-0.1, -0.05) is 0 Å². The molecule has 4 nitrogen and oxygen atoms in total. The molecule has 5 heteroatoms. The summed E-state index contributed by atoms with van der Waals surface area (Å²) in [6.45, 7) is 1.75. The smallest absolute Gasteiger partial charge is 0.338 e. The maximum Gasteiger partial charge on any atom is 0.338 e. The van der Waals surface area contributed by atoms with Gasteiger partial charge < -0.3 is 15.7 Å². The molecule has 0 aromatic heterocycles. The Morgan fingerprint density at radius 3 is 3.06 bits per heavy atom. The normalized spacial score (nSPS) is 19.2. The van der Waals surface area contributed by atoms with Gasteiger partial charge in [-0.05, 0) is 37.6 Å². The highest BCUT2D eigenvalue weighted by Gasteiger charge is 2.14. The monoisotopic (exact) mass is 238 g/mol. The van der Waals surface area contributed by atoms with E-state index >= 15 is 0 Å². The molecule has 0 radical (unpaired) electrons. The lowest BCUT2D eigenvalue weighted by atomic mass is 10.1. The molecular formula is C12H15FN2O2. The topological polar surface area (TPSA) is 61.4 Å². The molecule has 1 fully saturated rings. The van der Waals surface area contributed by atoms with Crippen LogP contribution in [-0.2, 0) is 0 Å². The summed E-state index contributed by atoms with van der Waals surface area (Å²) in [5.74, 6) is -1.95. The van der Waals surface area contributed by atoms with Gasteiger partial charge in [0.25, 0.3) is 0 Å². The number of benzene rings is 1. The number of carboxylic acids is 1. The van der Waals surface area contributed by atoms with E-state index in [9.17, 15) is 9.18 Å². The first-order valence-electron chi connectivity index (χ1n) is 5.67. The largest absolute Gasteiger partial charge is 0.478 e. The fourth-order valence-corrected chi connectivity index (χ4v) is 1.97. The lowest BCUT2D eigenvalue weighted by Crippen LogP contribution is -2.29. The number of carboxylic acid groups (broad SMARTS) is 1. The summed E-state index contributed by atoms with van der Waals surface area (Å²) in [5.41, 5.74) is 0.340. The zero-order valence-corrected chi connectivity index (χ0v) is 9.37. The van der Waals surface area contributed by atoms with Gasteiger partial charge in [-0.2, -0.15) is 0 Å². The number of anilines is 1. The molecule has 0 bridgehead atoms. The van der Waals surface area contributed by atoms with Crippen LogP contribution in [0, 0.1) is 5.82 Å². The van der Waals surface area contributed by atoms with Crippen molar-refractivity contribution in [2.24, 2.45) is 0 Å². The van der Waals surface area contributed by atoms with Crippen LogP contribution in [0.3, 0.4) is 0 Å². The van der Waals surface area contributed by atoms with Crippen molar-refractivity contribution >= 4 is 11.7 Å². The molecule has 17 heavy (non-hydrogen) atoms. The second kappa shape index (κ2) is 5.14. The van der Waals surface area contributed by atoms with Crippen molar-refractivity contribution in [2.45, 2.75) is 18.9 Å². The van der Waals surface area contributed by atoms with E-state index in [1.807, 2.05) is 0 Å². The van der Waals surface area contributed by atoms with E-state index in [-0.39, 0.29) is 5.56 Å². The standard InChI is InChI=1S/C12H15FN2O2/c13-11-4-3-8(6-10(11)12(16)17)15-7-9-2-1-5-14-9/h3-4,6,9,14-15H,1-2,5,7H2,(H,16,17). The van der Waals surface area contributed by atoms with Crippen molar-refractivity contribution in [1.29, 1.82) is 0 Å².